The third kappa shape index (κ3) is 6.01. The fraction of sp³-hybridized carbons (Fsp3) is 0.368. The van der Waals surface area contributed by atoms with E-state index in [1.807, 2.05) is 13.0 Å². The third-order valence-electron chi connectivity index (χ3n) is 3.88. The molecule has 0 unspecified atom stereocenters. The molecule has 5 heteroatoms. The van der Waals surface area contributed by atoms with Crippen LogP contribution in [0.25, 0.3) is 0 Å². The molecule has 2 rings (SSSR count). The standard InChI is InChI=1S/C19H25N3O2/c1-2-3-4-7-18(23)21-17-10-8-16(9-11-17)19(24)20-12-15-22-13-5-6-14-22/h2-4,7-11H,5-6,12-15H2,1H3,(H,20,24)(H,21,23). The molecule has 0 aliphatic carbocycles. The van der Waals surface area contributed by atoms with Crippen molar-refractivity contribution < 1.29 is 9.59 Å². The van der Waals surface area contributed by atoms with Crippen LogP contribution in [-0.4, -0.2) is 42.9 Å². The molecule has 0 spiro atoms. The molecule has 1 aliphatic rings. The quantitative estimate of drug-likeness (QED) is 0.598. The van der Waals surface area contributed by atoms with Gasteiger partial charge >= 0.3 is 0 Å². The summed E-state index contributed by atoms with van der Waals surface area (Å²) in [7, 11) is 0. The summed E-state index contributed by atoms with van der Waals surface area (Å²) in [4.78, 5) is 26.1. The van der Waals surface area contributed by atoms with Crippen molar-refractivity contribution in [3.63, 3.8) is 0 Å². The first-order valence-electron chi connectivity index (χ1n) is 8.40. The highest BCUT2D eigenvalue weighted by Gasteiger charge is 2.11. The molecule has 0 atom stereocenters. The summed E-state index contributed by atoms with van der Waals surface area (Å²) in [5.74, 6) is -0.282. The van der Waals surface area contributed by atoms with Crippen LogP contribution in [0.5, 0.6) is 0 Å². The topological polar surface area (TPSA) is 61.4 Å². The highest BCUT2D eigenvalue weighted by atomic mass is 16.2. The first kappa shape index (κ1) is 17.9. The van der Waals surface area contributed by atoms with Crippen molar-refractivity contribution in [2.45, 2.75) is 19.8 Å². The lowest BCUT2D eigenvalue weighted by molar-refractivity contribution is -0.111. The van der Waals surface area contributed by atoms with Crippen molar-refractivity contribution in [2.75, 3.05) is 31.5 Å². The maximum absolute atomic E-state index is 12.1. The fourth-order valence-electron chi connectivity index (χ4n) is 2.58. The first-order chi connectivity index (χ1) is 11.7. The Hall–Kier alpha value is -2.40. The minimum atomic E-state index is -0.198. The summed E-state index contributed by atoms with van der Waals surface area (Å²) in [5.41, 5.74) is 1.26. The monoisotopic (exact) mass is 327 g/mol. The molecular weight excluding hydrogens is 302 g/mol. The van der Waals surface area contributed by atoms with E-state index in [2.05, 4.69) is 15.5 Å². The van der Waals surface area contributed by atoms with Crippen LogP contribution in [0.3, 0.4) is 0 Å². The lowest BCUT2D eigenvalue weighted by atomic mass is 10.2. The predicted octanol–water partition coefficient (Wildman–Crippen LogP) is 2.58. The molecule has 128 valence electrons. The van der Waals surface area contributed by atoms with Crippen LogP contribution in [0.1, 0.15) is 30.1 Å². The highest BCUT2D eigenvalue weighted by Crippen LogP contribution is 2.10. The molecule has 0 saturated carbocycles. The van der Waals surface area contributed by atoms with Crippen LogP contribution in [0.15, 0.2) is 48.6 Å². The normalized spacial score (nSPS) is 15.2. The van der Waals surface area contributed by atoms with Gasteiger partial charge in [-0.25, -0.2) is 0 Å². The van der Waals surface area contributed by atoms with Gasteiger partial charge in [0, 0.05) is 30.4 Å². The summed E-state index contributed by atoms with van der Waals surface area (Å²) in [5, 5.41) is 5.68. The van der Waals surface area contributed by atoms with Crippen LogP contribution < -0.4 is 10.6 Å². The molecule has 24 heavy (non-hydrogen) atoms. The Kier molecular flexibility index (Phi) is 7.23. The number of carbonyl (C=O) groups excluding carboxylic acids is 2. The summed E-state index contributed by atoms with van der Waals surface area (Å²) >= 11 is 0. The maximum atomic E-state index is 12.1. The second-order valence-corrected chi connectivity index (χ2v) is 5.76. The number of rotatable bonds is 7. The Morgan fingerprint density at radius 2 is 1.83 bits per heavy atom. The molecule has 5 nitrogen and oxygen atoms in total. The van der Waals surface area contributed by atoms with Gasteiger partial charge in [0.1, 0.15) is 0 Å². The number of likely N-dealkylation sites (tertiary alicyclic amines) is 1. The average Bonchev–Trinajstić information content (AvgIpc) is 3.09. The smallest absolute Gasteiger partial charge is 0.251 e. The van der Waals surface area contributed by atoms with Gasteiger partial charge < -0.3 is 15.5 Å². The largest absolute Gasteiger partial charge is 0.351 e. The zero-order valence-corrected chi connectivity index (χ0v) is 14.1. The minimum absolute atomic E-state index is 0.0833. The van der Waals surface area contributed by atoms with Gasteiger partial charge in [-0.2, -0.15) is 0 Å². The van der Waals surface area contributed by atoms with Gasteiger partial charge in [-0.05, 0) is 57.1 Å². The fourth-order valence-corrected chi connectivity index (χ4v) is 2.58. The van der Waals surface area contributed by atoms with Gasteiger partial charge in [-0.3, -0.25) is 9.59 Å². The Morgan fingerprint density at radius 1 is 1.12 bits per heavy atom. The number of carbonyl (C=O) groups is 2. The van der Waals surface area contributed by atoms with Crippen LogP contribution >= 0.6 is 0 Å². The summed E-state index contributed by atoms with van der Waals surface area (Å²) in [6.45, 7) is 5.71. The van der Waals surface area contributed by atoms with Gasteiger partial charge in [0.15, 0.2) is 0 Å². The van der Waals surface area contributed by atoms with Gasteiger partial charge in [0.05, 0.1) is 0 Å². The molecule has 0 bridgehead atoms. The van der Waals surface area contributed by atoms with E-state index in [0.717, 1.165) is 19.6 Å². The number of hydrogen-bond donors (Lipinski definition) is 2. The van der Waals surface area contributed by atoms with Gasteiger partial charge in [0.2, 0.25) is 5.91 Å². The molecule has 2 amide bonds. The molecule has 1 fully saturated rings. The van der Waals surface area contributed by atoms with E-state index in [1.54, 1.807) is 36.4 Å². The van der Waals surface area contributed by atoms with Crippen LogP contribution in [-0.2, 0) is 4.79 Å². The van der Waals surface area contributed by atoms with Crippen molar-refractivity contribution in [1.29, 1.82) is 0 Å². The molecule has 1 saturated heterocycles. The molecule has 1 heterocycles. The predicted molar refractivity (Wildman–Crippen MR) is 97.0 cm³/mol. The zero-order chi connectivity index (χ0) is 17.2. The van der Waals surface area contributed by atoms with Crippen molar-refractivity contribution in [3.05, 3.63) is 54.1 Å². The van der Waals surface area contributed by atoms with Crippen LogP contribution in [0.4, 0.5) is 5.69 Å². The second kappa shape index (κ2) is 9.67. The van der Waals surface area contributed by atoms with E-state index in [9.17, 15) is 9.59 Å². The maximum Gasteiger partial charge on any atom is 0.251 e. The van der Waals surface area contributed by atoms with Gasteiger partial charge in [-0.1, -0.05) is 18.2 Å². The zero-order valence-electron chi connectivity index (χ0n) is 14.1. The molecule has 1 aromatic carbocycles. The number of benzene rings is 1. The van der Waals surface area contributed by atoms with Crippen LogP contribution in [0.2, 0.25) is 0 Å². The number of anilines is 1. The van der Waals surface area contributed by atoms with E-state index in [-0.39, 0.29) is 11.8 Å². The van der Waals surface area contributed by atoms with E-state index in [0.29, 0.717) is 17.8 Å². The minimum Gasteiger partial charge on any atom is -0.351 e. The molecule has 2 N–H and O–H groups in total. The highest BCUT2D eigenvalue weighted by molar-refractivity contribution is 6.00. The van der Waals surface area contributed by atoms with Crippen molar-refractivity contribution in [2.24, 2.45) is 0 Å². The van der Waals surface area contributed by atoms with Crippen molar-refractivity contribution in [3.8, 4) is 0 Å². The lowest BCUT2D eigenvalue weighted by Gasteiger charge is -2.14. The molecule has 0 radical (unpaired) electrons. The first-order valence-corrected chi connectivity index (χ1v) is 8.40. The number of amides is 2. The Labute approximate surface area is 143 Å². The SMILES string of the molecule is CC=CC=CC(=O)Nc1ccc(C(=O)NCCN2CCCC2)cc1. The van der Waals surface area contributed by atoms with Gasteiger partial charge in [0.25, 0.3) is 5.91 Å². The summed E-state index contributed by atoms with van der Waals surface area (Å²) in [6, 6.07) is 6.90. The van der Waals surface area contributed by atoms with Gasteiger partial charge in [-0.15, -0.1) is 0 Å². The second-order valence-electron chi connectivity index (χ2n) is 5.76. The number of nitrogens with one attached hydrogen (secondary N) is 2. The summed E-state index contributed by atoms with van der Waals surface area (Å²) in [6.07, 6.45) is 9.28. The molecule has 1 aromatic rings. The van der Waals surface area contributed by atoms with Crippen molar-refractivity contribution in [1.82, 2.24) is 10.2 Å². The average molecular weight is 327 g/mol. The van der Waals surface area contributed by atoms with E-state index in [1.165, 1.54) is 18.9 Å². The molecular formula is C19H25N3O2. The van der Waals surface area contributed by atoms with E-state index in [4.69, 9.17) is 0 Å². The Balaban J connectivity index is 1.77. The summed E-state index contributed by atoms with van der Waals surface area (Å²) < 4.78 is 0. The Bertz CT molecular complexity index is 600. The third-order valence-corrected chi connectivity index (χ3v) is 3.88. The number of allylic oxidation sites excluding steroid dienone is 3. The lowest BCUT2D eigenvalue weighted by Crippen LogP contribution is -2.33. The van der Waals surface area contributed by atoms with Crippen LogP contribution in [0, 0.1) is 0 Å². The molecule has 0 aromatic heterocycles. The number of hydrogen-bond acceptors (Lipinski definition) is 3. The van der Waals surface area contributed by atoms with E-state index >= 15 is 0 Å². The Morgan fingerprint density at radius 3 is 2.50 bits per heavy atom. The number of nitrogens with zero attached hydrogens (tertiary/aromatic N) is 1. The van der Waals surface area contributed by atoms with E-state index < -0.39 is 0 Å². The molecule has 1 aliphatic heterocycles. The van der Waals surface area contributed by atoms with Crippen molar-refractivity contribution >= 4 is 17.5 Å².